The lowest BCUT2D eigenvalue weighted by Crippen LogP contribution is -2.63. The van der Waals surface area contributed by atoms with E-state index in [0.717, 1.165) is 23.6 Å². The zero-order valence-corrected chi connectivity index (χ0v) is 16.0. The fourth-order valence-corrected chi connectivity index (χ4v) is 4.49. The van der Waals surface area contributed by atoms with Gasteiger partial charge in [0.15, 0.2) is 6.61 Å². The highest BCUT2D eigenvalue weighted by Gasteiger charge is 2.56. The minimum Gasteiger partial charge on any atom is -0.484 e. The number of nitrogens with two attached hydrogens (primary N) is 1. The minimum absolute atomic E-state index is 0.0174. The van der Waals surface area contributed by atoms with Gasteiger partial charge in [0.25, 0.3) is 5.91 Å². The van der Waals surface area contributed by atoms with Crippen molar-refractivity contribution in [3.63, 3.8) is 0 Å². The molecule has 150 valence electrons. The second kappa shape index (κ2) is 8.07. The predicted molar refractivity (Wildman–Crippen MR) is 107 cm³/mol. The van der Waals surface area contributed by atoms with Crippen LogP contribution in [0.25, 0.3) is 10.8 Å². The molecule has 6 heteroatoms. The maximum absolute atomic E-state index is 12.6. The van der Waals surface area contributed by atoms with Crippen LogP contribution in [-0.4, -0.2) is 61.0 Å². The van der Waals surface area contributed by atoms with Crippen LogP contribution in [-0.2, 0) is 9.53 Å². The Morgan fingerprint density at radius 2 is 1.93 bits per heavy atom. The first-order valence-corrected chi connectivity index (χ1v) is 10.0. The third-order valence-corrected chi connectivity index (χ3v) is 6.31. The van der Waals surface area contributed by atoms with Gasteiger partial charge >= 0.3 is 0 Å². The number of piperidine rings is 1. The summed E-state index contributed by atoms with van der Waals surface area (Å²) in [6, 6.07) is 13.9. The number of hydrogen-bond donors (Lipinski definition) is 2. The lowest BCUT2D eigenvalue weighted by Gasteiger charge is -2.56. The number of nitrogens with zero attached hydrogens (tertiary/aromatic N) is 1. The van der Waals surface area contributed by atoms with Gasteiger partial charge in [-0.25, -0.2) is 0 Å². The van der Waals surface area contributed by atoms with E-state index in [9.17, 15) is 9.90 Å². The van der Waals surface area contributed by atoms with Crippen molar-refractivity contribution in [2.75, 3.05) is 32.8 Å². The summed E-state index contributed by atoms with van der Waals surface area (Å²) in [5.74, 6) is 0.682. The normalized spacial score (nSPS) is 23.6. The molecule has 0 bridgehead atoms. The smallest absolute Gasteiger partial charge is 0.260 e. The molecule has 2 aliphatic rings. The number of carbonyl (C=O) groups excluding carboxylic acids is 1. The number of aliphatic hydroxyl groups excluding tert-OH is 1. The second-order valence-corrected chi connectivity index (χ2v) is 7.81. The maximum atomic E-state index is 12.6. The predicted octanol–water partition coefficient (Wildman–Crippen LogP) is 1.94. The van der Waals surface area contributed by atoms with E-state index in [1.807, 2.05) is 47.4 Å². The molecule has 1 saturated carbocycles. The quantitative estimate of drug-likeness (QED) is 0.795. The second-order valence-electron chi connectivity index (χ2n) is 7.81. The highest BCUT2D eigenvalue weighted by atomic mass is 16.5. The van der Waals surface area contributed by atoms with Gasteiger partial charge in [-0.1, -0.05) is 30.3 Å². The Kier molecular flexibility index (Phi) is 5.53. The molecule has 1 aliphatic heterocycles. The molecule has 1 saturated heterocycles. The van der Waals surface area contributed by atoms with Gasteiger partial charge < -0.3 is 25.2 Å². The third-order valence-electron chi connectivity index (χ3n) is 6.31. The number of likely N-dealkylation sites (tertiary alicyclic amines) is 1. The van der Waals surface area contributed by atoms with Crippen LogP contribution in [0.1, 0.15) is 19.3 Å². The molecule has 2 aromatic carbocycles. The monoisotopic (exact) mass is 384 g/mol. The molecule has 0 unspecified atom stereocenters. The zero-order chi connectivity index (χ0) is 19.6. The zero-order valence-electron chi connectivity index (χ0n) is 16.0. The maximum Gasteiger partial charge on any atom is 0.260 e. The molecular weight excluding hydrogens is 356 g/mol. The van der Waals surface area contributed by atoms with Gasteiger partial charge in [-0.05, 0) is 35.7 Å². The lowest BCUT2D eigenvalue weighted by atomic mass is 9.58. The molecular formula is C22H28N2O4. The van der Waals surface area contributed by atoms with Gasteiger partial charge in [0.1, 0.15) is 5.75 Å². The van der Waals surface area contributed by atoms with Gasteiger partial charge in [-0.3, -0.25) is 4.79 Å². The Bertz CT molecular complexity index is 832. The van der Waals surface area contributed by atoms with Crippen molar-refractivity contribution in [1.82, 2.24) is 4.90 Å². The average molecular weight is 384 g/mol. The molecule has 1 aliphatic carbocycles. The lowest BCUT2D eigenvalue weighted by molar-refractivity contribution is -0.210. The number of benzene rings is 2. The van der Waals surface area contributed by atoms with Gasteiger partial charge in [-0.15, -0.1) is 0 Å². The fraction of sp³-hybridized carbons (Fsp3) is 0.500. The molecule has 0 aromatic heterocycles. The molecule has 1 spiro atoms. The van der Waals surface area contributed by atoms with E-state index < -0.39 is 0 Å². The highest BCUT2D eigenvalue weighted by molar-refractivity contribution is 5.84. The highest BCUT2D eigenvalue weighted by Crippen LogP contribution is 2.50. The van der Waals surface area contributed by atoms with Gasteiger partial charge in [0.2, 0.25) is 0 Å². The molecule has 1 heterocycles. The molecule has 2 fully saturated rings. The van der Waals surface area contributed by atoms with E-state index in [2.05, 4.69) is 0 Å². The van der Waals surface area contributed by atoms with Crippen molar-refractivity contribution >= 4 is 16.7 Å². The first-order chi connectivity index (χ1) is 13.6. The Hall–Kier alpha value is -2.15. The standard InChI is InChI=1S/C22H28N2O4/c23-9-12-27-20-14-19(25)22(20)7-10-24(11-8-22)21(26)15-28-18-6-5-16-3-1-2-4-17(16)13-18/h1-6,13,19-20,25H,7-12,14-15,23H2/t19-,20+/m1/s1. The Morgan fingerprint density at radius 1 is 1.18 bits per heavy atom. The Balaban J connectivity index is 1.30. The first kappa shape index (κ1) is 19.2. The Morgan fingerprint density at radius 3 is 2.64 bits per heavy atom. The van der Waals surface area contributed by atoms with E-state index in [1.54, 1.807) is 0 Å². The molecule has 2 atom stereocenters. The van der Waals surface area contributed by atoms with Crippen molar-refractivity contribution < 1.29 is 19.4 Å². The van der Waals surface area contributed by atoms with Crippen LogP contribution in [0, 0.1) is 5.41 Å². The van der Waals surface area contributed by atoms with E-state index in [4.69, 9.17) is 15.2 Å². The van der Waals surface area contributed by atoms with Crippen LogP contribution < -0.4 is 10.5 Å². The van der Waals surface area contributed by atoms with E-state index in [1.165, 1.54) is 0 Å². The summed E-state index contributed by atoms with van der Waals surface area (Å²) >= 11 is 0. The average Bonchev–Trinajstić information content (AvgIpc) is 2.74. The van der Waals surface area contributed by atoms with Crippen molar-refractivity contribution in [3.05, 3.63) is 42.5 Å². The van der Waals surface area contributed by atoms with E-state index >= 15 is 0 Å². The fourth-order valence-electron chi connectivity index (χ4n) is 4.49. The van der Waals surface area contributed by atoms with Gasteiger partial charge in [0.05, 0.1) is 18.8 Å². The number of amides is 1. The molecule has 3 N–H and O–H groups in total. The van der Waals surface area contributed by atoms with Gasteiger partial charge in [0, 0.05) is 31.5 Å². The van der Waals surface area contributed by atoms with Crippen LogP contribution in [0.3, 0.4) is 0 Å². The molecule has 4 rings (SSSR count). The number of carbonyl (C=O) groups is 1. The van der Waals surface area contributed by atoms with Crippen molar-refractivity contribution in [1.29, 1.82) is 0 Å². The molecule has 6 nitrogen and oxygen atoms in total. The number of hydrogen-bond acceptors (Lipinski definition) is 5. The third kappa shape index (κ3) is 3.60. The SMILES string of the molecule is NCCO[C@H]1C[C@@H](O)C12CCN(C(=O)COc1ccc3ccccc3c1)CC2. The topological polar surface area (TPSA) is 85.0 Å². The molecule has 28 heavy (non-hydrogen) atoms. The summed E-state index contributed by atoms with van der Waals surface area (Å²) in [4.78, 5) is 14.4. The largest absolute Gasteiger partial charge is 0.484 e. The summed E-state index contributed by atoms with van der Waals surface area (Å²) in [6.07, 6.45) is 1.88. The number of aliphatic hydroxyl groups is 1. The first-order valence-electron chi connectivity index (χ1n) is 10.0. The van der Waals surface area contributed by atoms with Crippen LogP contribution in [0.2, 0.25) is 0 Å². The van der Waals surface area contributed by atoms with Crippen molar-refractivity contribution in [2.24, 2.45) is 11.1 Å². The summed E-state index contributed by atoms with van der Waals surface area (Å²) in [5, 5.41) is 12.6. The Labute approximate surface area is 165 Å². The van der Waals surface area contributed by atoms with Crippen LogP contribution in [0.15, 0.2) is 42.5 Å². The number of fused-ring (bicyclic) bond motifs is 1. The summed E-state index contributed by atoms with van der Waals surface area (Å²) < 4.78 is 11.6. The van der Waals surface area contributed by atoms with E-state index in [0.29, 0.717) is 38.4 Å². The minimum atomic E-state index is -0.346. The van der Waals surface area contributed by atoms with Crippen LogP contribution >= 0.6 is 0 Å². The summed E-state index contributed by atoms with van der Waals surface area (Å²) in [7, 11) is 0. The summed E-state index contributed by atoms with van der Waals surface area (Å²) in [6.45, 7) is 2.28. The number of ether oxygens (including phenoxy) is 2. The van der Waals surface area contributed by atoms with Gasteiger partial charge in [-0.2, -0.15) is 0 Å². The molecule has 0 radical (unpaired) electrons. The van der Waals surface area contributed by atoms with E-state index in [-0.39, 0.29) is 30.1 Å². The molecule has 2 aromatic rings. The van der Waals surface area contributed by atoms with Crippen LogP contribution in [0.4, 0.5) is 0 Å². The number of rotatable bonds is 6. The van der Waals surface area contributed by atoms with Crippen molar-refractivity contribution in [2.45, 2.75) is 31.5 Å². The van der Waals surface area contributed by atoms with Crippen LogP contribution in [0.5, 0.6) is 5.75 Å². The summed E-state index contributed by atoms with van der Waals surface area (Å²) in [5.41, 5.74) is 5.31. The van der Waals surface area contributed by atoms with Crippen molar-refractivity contribution in [3.8, 4) is 5.75 Å². The molecule has 1 amide bonds.